The molecule has 1 rings (SSSR count). The van der Waals surface area contributed by atoms with Gasteiger partial charge in [0.25, 0.3) is 0 Å². The highest BCUT2D eigenvalue weighted by atomic mass is 16.5. The van der Waals surface area contributed by atoms with Crippen molar-refractivity contribution < 1.29 is 4.74 Å². The molecular formula is C13H21NO. The van der Waals surface area contributed by atoms with Crippen molar-refractivity contribution >= 4 is 0 Å². The third-order valence-electron chi connectivity index (χ3n) is 2.32. The summed E-state index contributed by atoms with van der Waals surface area (Å²) in [5.74, 6) is 0.930. The van der Waals surface area contributed by atoms with E-state index in [2.05, 4.69) is 26.8 Å². The van der Waals surface area contributed by atoms with E-state index in [9.17, 15) is 0 Å². The summed E-state index contributed by atoms with van der Waals surface area (Å²) in [7, 11) is 0. The lowest BCUT2D eigenvalue weighted by Gasteiger charge is -2.13. The summed E-state index contributed by atoms with van der Waals surface area (Å²) in [5.41, 5.74) is 8.34. The van der Waals surface area contributed by atoms with E-state index in [1.165, 1.54) is 11.1 Å². The van der Waals surface area contributed by atoms with Gasteiger partial charge < -0.3 is 10.5 Å². The van der Waals surface area contributed by atoms with Crippen LogP contribution in [-0.4, -0.2) is 12.6 Å². The maximum atomic E-state index is 5.88. The average Bonchev–Trinajstić information content (AvgIpc) is 2.14. The highest BCUT2D eigenvalue weighted by Gasteiger charge is 2.02. The maximum Gasteiger partial charge on any atom is 0.119 e. The molecule has 0 aliphatic heterocycles. The van der Waals surface area contributed by atoms with Crippen LogP contribution in [-0.2, 0) is 0 Å². The molecule has 84 valence electrons. The van der Waals surface area contributed by atoms with Gasteiger partial charge >= 0.3 is 0 Å². The lowest BCUT2D eigenvalue weighted by atomic mass is 10.1. The molecule has 0 spiro atoms. The molecule has 0 heterocycles. The third-order valence-corrected chi connectivity index (χ3v) is 2.32. The second-order valence-electron chi connectivity index (χ2n) is 4.18. The first kappa shape index (κ1) is 12.1. The summed E-state index contributed by atoms with van der Waals surface area (Å²) in [4.78, 5) is 0. The normalized spacial score (nSPS) is 12.5. The minimum atomic E-state index is 0.149. The van der Waals surface area contributed by atoms with Gasteiger partial charge in [-0.1, -0.05) is 19.4 Å². The molecule has 0 aliphatic carbocycles. The Balaban J connectivity index is 2.50. The van der Waals surface area contributed by atoms with Gasteiger partial charge in [0.15, 0.2) is 0 Å². The first-order valence-electron chi connectivity index (χ1n) is 5.58. The van der Waals surface area contributed by atoms with Gasteiger partial charge in [-0.25, -0.2) is 0 Å². The van der Waals surface area contributed by atoms with E-state index in [1.807, 2.05) is 12.1 Å². The first-order valence-corrected chi connectivity index (χ1v) is 5.58. The number of nitrogens with two attached hydrogens (primary N) is 1. The Labute approximate surface area is 92.4 Å². The molecule has 0 amide bonds. The molecule has 1 atom stereocenters. The Kier molecular flexibility index (Phi) is 4.63. The Hall–Kier alpha value is -1.02. The fourth-order valence-electron chi connectivity index (χ4n) is 1.67. The SMILES string of the molecule is CCCC(N)COc1cc(C)cc(C)c1. The van der Waals surface area contributed by atoms with Crippen LogP contribution in [0, 0.1) is 13.8 Å². The monoisotopic (exact) mass is 207 g/mol. The van der Waals surface area contributed by atoms with Crippen LogP contribution in [0.3, 0.4) is 0 Å². The van der Waals surface area contributed by atoms with Gasteiger partial charge in [-0.05, 0) is 43.5 Å². The van der Waals surface area contributed by atoms with Gasteiger partial charge in [-0.2, -0.15) is 0 Å². The van der Waals surface area contributed by atoms with E-state index >= 15 is 0 Å². The number of ether oxygens (including phenoxy) is 1. The van der Waals surface area contributed by atoms with Gasteiger partial charge in [-0.3, -0.25) is 0 Å². The average molecular weight is 207 g/mol. The number of hydrogen-bond acceptors (Lipinski definition) is 2. The summed E-state index contributed by atoms with van der Waals surface area (Å²) in [6, 6.07) is 6.38. The zero-order valence-electron chi connectivity index (χ0n) is 9.92. The Morgan fingerprint density at radius 3 is 2.33 bits per heavy atom. The van der Waals surface area contributed by atoms with Crippen LogP contribution in [0.5, 0.6) is 5.75 Å². The van der Waals surface area contributed by atoms with E-state index in [0.717, 1.165) is 18.6 Å². The number of benzene rings is 1. The van der Waals surface area contributed by atoms with Crippen molar-refractivity contribution in [1.29, 1.82) is 0 Å². The lowest BCUT2D eigenvalue weighted by molar-refractivity contribution is 0.281. The minimum Gasteiger partial charge on any atom is -0.492 e. The van der Waals surface area contributed by atoms with Crippen LogP contribution in [0.2, 0.25) is 0 Å². The molecule has 15 heavy (non-hydrogen) atoms. The van der Waals surface area contributed by atoms with E-state index in [0.29, 0.717) is 6.61 Å². The summed E-state index contributed by atoms with van der Waals surface area (Å²) in [5, 5.41) is 0. The molecule has 0 saturated heterocycles. The quantitative estimate of drug-likeness (QED) is 0.805. The lowest BCUT2D eigenvalue weighted by Crippen LogP contribution is -2.27. The van der Waals surface area contributed by atoms with Crippen molar-refractivity contribution in [3.63, 3.8) is 0 Å². The predicted octanol–water partition coefficient (Wildman–Crippen LogP) is 2.81. The Morgan fingerprint density at radius 2 is 1.80 bits per heavy atom. The summed E-state index contributed by atoms with van der Waals surface area (Å²) in [6.45, 7) is 6.89. The molecule has 0 saturated carbocycles. The minimum absolute atomic E-state index is 0.149. The van der Waals surface area contributed by atoms with E-state index in [4.69, 9.17) is 10.5 Å². The fourth-order valence-corrected chi connectivity index (χ4v) is 1.67. The molecule has 2 heteroatoms. The molecule has 0 aliphatic rings. The number of aryl methyl sites for hydroxylation is 2. The largest absolute Gasteiger partial charge is 0.492 e. The van der Waals surface area contributed by atoms with E-state index < -0.39 is 0 Å². The summed E-state index contributed by atoms with van der Waals surface area (Å²) >= 11 is 0. The number of rotatable bonds is 5. The van der Waals surface area contributed by atoms with E-state index in [-0.39, 0.29) is 6.04 Å². The van der Waals surface area contributed by atoms with Crippen LogP contribution in [0.25, 0.3) is 0 Å². The number of hydrogen-bond donors (Lipinski definition) is 1. The molecule has 1 unspecified atom stereocenters. The van der Waals surface area contributed by atoms with Gasteiger partial charge in [0.05, 0.1) is 0 Å². The van der Waals surface area contributed by atoms with Crippen LogP contribution in [0.15, 0.2) is 18.2 Å². The van der Waals surface area contributed by atoms with Crippen LogP contribution < -0.4 is 10.5 Å². The van der Waals surface area contributed by atoms with Crippen LogP contribution in [0.1, 0.15) is 30.9 Å². The van der Waals surface area contributed by atoms with Crippen LogP contribution in [0.4, 0.5) is 0 Å². The van der Waals surface area contributed by atoms with Gasteiger partial charge in [-0.15, -0.1) is 0 Å². The Bertz CT molecular complexity index is 289. The Morgan fingerprint density at radius 1 is 1.20 bits per heavy atom. The maximum absolute atomic E-state index is 5.88. The molecule has 1 aromatic carbocycles. The molecule has 0 radical (unpaired) electrons. The van der Waals surface area contributed by atoms with Crippen molar-refractivity contribution in [3.8, 4) is 5.75 Å². The van der Waals surface area contributed by atoms with Gasteiger partial charge in [0.2, 0.25) is 0 Å². The molecular weight excluding hydrogens is 186 g/mol. The van der Waals surface area contributed by atoms with Gasteiger partial charge in [0, 0.05) is 6.04 Å². The first-order chi connectivity index (χ1) is 7.11. The molecule has 1 aromatic rings. The molecule has 2 nitrogen and oxygen atoms in total. The molecule has 0 bridgehead atoms. The van der Waals surface area contributed by atoms with Crippen molar-refractivity contribution in [2.24, 2.45) is 5.73 Å². The third kappa shape index (κ3) is 4.34. The smallest absolute Gasteiger partial charge is 0.119 e. The summed E-state index contributed by atoms with van der Waals surface area (Å²) in [6.07, 6.45) is 2.13. The fraction of sp³-hybridized carbons (Fsp3) is 0.538. The highest BCUT2D eigenvalue weighted by Crippen LogP contribution is 2.16. The second kappa shape index (κ2) is 5.76. The van der Waals surface area contributed by atoms with Gasteiger partial charge in [0.1, 0.15) is 12.4 Å². The van der Waals surface area contributed by atoms with Crippen molar-refractivity contribution in [2.45, 2.75) is 39.7 Å². The standard InChI is InChI=1S/C13H21NO/c1-4-5-12(14)9-15-13-7-10(2)6-11(3)8-13/h6-8,12H,4-5,9,14H2,1-3H3. The topological polar surface area (TPSA) is 35.2 Å². The zero-order valence-corrected chi connectivity index (χ0v) is 9.92. The van der Waals surface area contributed by atoms with Crippen molar-refractivity contribution in [1.82, 2.24) is 0 Å². The van der Waals surface area contributed by atoms with Crippen LogP contribution >= 0.6 is 0 Å². The highest BCUT2D eigenvalue weighted by molar-refractivity contribution is 5.32. The molecule has 0 aromatic heterocycles. The summed E-state index contributed by atoms with van der Waals surface area (Å²) < 4.78 is 5.66. The predicted molar refractivity (Wildman–Crippen MR) is 64.3 cm³/mol. The van der Waals surface area contributed by atoms with Crippen molar-refractivity contribution in [3.05, 3.63) is 29.3 Å². The molecule has 2 N–H and O–H groups in total. The second-order valence-corrected chi connectivity index (χ2v) is 4.18. The van der Waals surface area contributed by atoms with E-state index in [1.54, 1.807) is 0 Å². The van der Waals surface area contributed by atoms with Crippen molar-refractivity contribution in [2.75, 3.05) is 6.61 Å². The zero-order chi connectivity index (χ0) is 11.3. The molecule has 0 fully saturated rings.